The zero-order chi connectivity index (χ0) is 15.2. The molecular weight excluding hydrogens is 266 g/mol. The molecule has 1 fully saturated rings. The normalized spacial score (nSPS) is 21.8. The number of piperidine rings is 1. The maximum Gasteiger partial charge on any atom is 0.279 e. The molecule has 0 radical (unpaired) electrons. The first-order valence-electron chi connectivity index (χ1n) is 7.60. The van der Waals surface area contributed by atoms with Crippen LogP contribution in [-0.4, -0.2) is 31.4 Å². The average molecular weight is 290 g/mol. The van der Waals surface area contributed by atoms with E-state index in [-0.39, 0.29) is 17.7 Å². The first-order chi connectivity index (χ1) is 10.1. The lowest BCUT2D eigenvalue weighted by molar-refractivity contribution is -0.899. The minimum Gasteiger partial charge on any atom is -0.369 e. The molecule has 1 aliphatic heterocycles. The van der Waals surface area contributed by atoms with Crippen LogP contribution >= 0.6 is 0 Å². The van der Waals surface area contributed by atoms with Crippen LogP contribution in [0.2, 0.25) is 0 Å². The van der Waals surface area contributed by atoms with Gasteiger partial charge < -0.3 is 16.0 Å². The number of quaternary nitrogens is 1. The van der Waals surface area contributed by atoms with Crippen molar-refractivity contribution in [2.24, 2.45) is 11.7 Å². The number of benzene rings is 1. The maximum atomic E-state index is 12.2. The first-order valence-corrected chi connectivity index (χ1v) is 7.60. The van der Waals surface area contributed by atoms with E-state index in [9.17, 15) is 9.59 Å². The monoisotopic (exact) mass is 290 g/mol. The predicted molar refractivity (Wildman–Crippen MR) is 81.9 cm³/mol. The van der Waals surface area contributed by atoms with Gasteiger partial charge in [-0.05, 0) is 30.9 Å². The smallest absolute Gasteiger partial charge is 0.279 e. The van der Waals surface area contributed by atoms with E-state index in [1.54, 1.807) is 0 Å². The number of nitrogens with two attached hydrogens (primary N) is 1. The van der Waals surface area contributed by atoms with Crippen molar-refractivity contribution in [3.05, 3.63) is 29.8 Å². The van der Waals surface area contributed by atoms with Crippen molar-refractivity contribution >= 4 is 17.5 Å². The van der Waals surface area contributed by atoms with E-state index in [0.29, 0.717) is 13.1 Å². The van der Waals surface area contributed by atoms with Crippen molar-refractivity contribution in [3.8, 4) is 0 Å². The van der Waals surface area contributed by atoms with Gasteiger partial charge in [-0.25, -0.2) is 0 Å². The highest BCUT2D eigenvalue weighted by Crippen LogP contribution is 2.15. The summed E-state index contributed by atoms with van der Waals surface area (Å²) in [6.45, 7) is 4.05. The molecule has 2 rings (SSSR count). The molecule has 1 heterocycles. The van der Waals surface area contributed by atoms with Gasteiger partial charge in [0.25, 0.3) is 5.91 Å². The highest BCUT2D eigenvalue weighted by atomic mass is 16.2. The maximum absolute atomic E-state index is 12.2. The van der Waals surface area contributed by atoms with Gasteiger partial charge in [0.05, 0.1) is 19.0 Å². The van der Waals surface area contributed by atoms with E-state index in [0.717, 1.165) is 42.0 Å². The summed E-state index contributed by atoms with van der Waals surface area (Å²) >= 11 is 0. The number of primary amides is 1. The topological polar surface area (TPSA) is 76.6 Å². The third-order valence-electron chi connectivity index (χ3n) is 4.10. The number of amides is 2. The van der Waals surface area contributed by atoms with E-state index in [1.165, 1.54) is 0 Å². The largest absolute Gasteiger partial charge is 0.369 e. The number of carbonyl (C=O) groups excluding carboxylic acids is 2. The van der Waals surface area contributed by atoms with Crippen LogP contribution in [0.25, 0.3) is 0 Å². The highest BCUT2D eigenvalue weighted by Gasteiger charge is 2.28. The predicted octanol–water partition coefficient (Wildman–Crippen LogP) is -0.0323. The van der Waals surface area contributed by atoms with E-state index < -0.39 is 0 Å². The second kappa shape index (κ2) is 7.22. The Morgan fingerprint density at radius 1 is 1.38 bits per heavy atom. The molecule has 0 aliphatic carbocycles. The van der Waals surface area contributed by atoms with Crippen LogP contribution in [0, 0.1) is 5.92 Å². The van der Waals surface area contributed by atoms with E-state index in [2.05, 4.69) is 12.2 Å². The summed E-state index contributed by atoms with van der Waals surface area (Å²) < 4.78 is 0. The Hall–Kier alpha value is -1.88. The molecule has 1 aromatic carbocycles. The lowest BCUT2D eigenvalue weighted by atomic mass is 9.97. The van der Waals surface area contributed by atoms with Gasteiger partial charge in [0.1, 0.15) is 0 Å². The van der Waals surface area contributed by atoms with Crippen molar-refractivity contribution in [1.82, 2.24) is 0 Å². The van der Waals surface area contributed by atoms with Gasteiger partial charge in [0, 0.05) is 5.69 Å². The van der Waals surface area contributed by atoms with Crippen LogP contribution in [0.1, 0.15) is 25.3 Å². The molecule has 4 N–H and O–H groups in total. The lowest BCUT2D eigenvalue weighted by Crippen LogP contribution is -3.14. The molecule has 2 amide bonds. The minimum absolute atomic E-state index is 0.00368. The van der Waals surface area contributed by atoms with Crippen LogP contribution in [-0.2, 0) is 16.0 Å². The molecule has 0 spiro atoms. The summed E-state index contributed by atoms with van der Waals surface area (Å²) in [4.78, 5) is 24.6. The molecule has 0 saturated carbocycles. The molecule has 114 valence electrons. The molecular formula is C16H24N3O2+. The van der Waals surface area contributed by atoms with Gasteiger partial charge in [-0.3, -0.25) is 9.59 Å². The van der Waals surface area contributed by atoms with Crippen molar-refractivity contribution in [1.29, 1.82) is 0 Å². The number of hydrogen-bond donors (Lipinski definition) is 3. The van der Waals surface area contributed by atoms with Crippen LogP contribution in [0.4, 0.5) is 5.69 Å². The van der Waals surface area contributed by atoms with Gasteiger partial charge >= 0.3 is 0 Å². The summed E-state index contributed by atoms with van der Waals surface area (Å²) in [5.41, 5.74) is 7.38. The summed E-state index contributed by atoms with van der Waals surface area (Å²) in [5, 5.41) is 2.98. The number of carbonyl (C=O) groups is 2. The summed E-state index contributed by atoms with van der Waals surface area (Å²) in [5.74, 6) is -0.343. The quantitative estimate of drug-likeness (QED) is 0.712. The Morgan fingerprint density at radius 2 is 2.14 bits per heavy atom. The second-order valence-corrected chi connectivity index (χ2v) is 5.68. The number of hydrogen-bond acceptors (Lipinski definition) is 2. The molecule has 1 unspecified atom stereocenters. The van der Waals surface area contributed by atoms with Crippen LogP contribution in [0.3, 0.4) is 0 Å². The summed E-state index contributed by atoms with van der Waals surface area (Å²) in [6, 6.07) is 7.84. The Morgan fingerprint density at radius 3 is 2.86 bits per heavy atom. The van der Waals surface area contributed by atoms with Gasteiger partial charge in [-0.15, -0.1) is 0 Å². The summed E-state index contributed by atoms with van der Waals surface area (Å²) in [6.07, 6.45) is 2.68. The third-order valence-corrected chi connectivity index (χ3v) is 4.10. The molecule has 2 atom stereocenters. The Balaban J connectivity index is 1.91. The Bertz CT molecular complexity index is 516. The minimum atomic E-state index is -0.246. The van der Waals surface area contributed by atoms with Gasteiger partial charge in [0.2, 0.25) is 5.91 Å². The molecule has 0 bridgehead atoms. The molecule has 1 aliphatic rings. The molecule has 1 saturated heterocycles. The van der Waals surface area contributed by atoms with Crippen molar-refractivity contribution in [3.63, 3.8) is 0 Å². The third kappa shape index (κ3) is 4.29. The number of anilines is 1. The number of rotatable bonds is 5. The van der Waals surface area contributed by atoms with E-state index in [1.807, 2.05) is 24.3 Å². The Kier molecular flexibility index (Phi) is 5.33. The van der Waals surface area contributed by atoms with Crippen molar-refractivity contribution < 1.29 is 14.5 Å². The fourth-order valence-electron chi connectivity index (χ4n) is 2.93. The fourth-order valence-corrected chi connectivity index (χ4v) is 2.93. The number of para-hydroxylation sites is 1. The van der Waals surface area contributed by atoms with E-state index in [4.69, 9.17) is 5.73 Å². The zero-order valence-electron chi connectivity index (χ0n) is 12.5. The van der Waals surface area contributed by atoms with Gasteiger partial charge in [-0.2, -0.15) is 0 Å². The average Bonchev–Trinajstić information content (AvgIpc) is 2.48. The lowest BCUT2D eigenvalue weighted by Gasteiger charge is -2.27. The van der Waals surface area contributed by atoms with Gasteiger partial charge in [-0.1, -0.05) is 25.1 Å². The standard InChI is InChI=1S/C16H23N3O2/c1-2-12-6-3-4-8-14(12)18-15(20)11-19-9-5-7-13(10-19)16(17)21/h3-4,6,8,13H,2,5,7,9-11H2,1H3,(H2,17,21)(H,18,20)/p+1/t13-/m1/s1. The van der Waals surface area contributed by atoms with Crippen LogP contribution in [0.5, 0.6) is 0 Å². The van der Waals surface area contributed by atoms with E-state index >= 15 is 0 Å². The first kappa shape index (κ1) is 15.5. The van der Waals surface area contributed by atoms with Crippen molar-refractivity contribution in [2.45, 2.75) is 26.2 Å². The Labute approximate surface area is 125 Å². The number of aryl methyl sites for hydroxylation is 1. The molecule has 1 aromatic rings. The summed E-state index contributed by atoms with van der Waals surface area (Å²) in [7, 11) is 0. The second-order valence-electron chi connectivity index (χ2n) is 5.68. The molecule has 0 aromatic heterocycles. The van der Waals surface area contributed by atoms with Gasteiger partial charge in [0.15, 0.2) is 6.54 Å². The van der Waals surface area contributed by atoms with Crippen LogP contribution < -0.4 is 16.0 Å². The SMILES string of the molecule is CCc1ccccc1NC(=O)C[NH+]1CCC[C@@H](C(N)=O)C1. The van der Waals surface area contributed by atoms with Crippen LogP contribution in [0.15, 0.2) is 24.3 Å². The number of nitrogens with one attached hydrogen (secondary N) is 2. The molecule has 5 heteroatoms. The molecule has 21 heavy (non-hydrogen) atoms. The van der Waals surface area contributed by atoms with Crippen molar-refractivity contribution in [2.75, 3.05) is 25.0 Å². The number of likely N-dealkylation sites (tertiary alicyclic amines) is 1. The fraction of sp³-hybridized carbons (Fsp3) is 0.500. The molecule has 5 nitrogen and oxygen atoms in total. The highest BCUT2D eigenvalue weighted by molar-refractivity contribution is 5.92. The zero-order valence-corrected chi connectivity index (χ0v) is 12.5.